The number of thioether (sulfide) groups is 1. The van der Waals surface area contributed by atoms with Gasteiger partial charge in [-0.05, 0) is 48.9 Å². The zero-order valence-corrected chi connectivity index (χ0v) is 9.96. The van der Waals surface area contributed by atoms with Crippen molar-refractivity contribution < 1.29 is 5.21 Å². The van der Waals surface area contributed by atoms with Crippen LogP contribution in [0.15, 0.2) is 28.3 Å². The second-order valence-corrected chi connectivity index (χ2v) is 5.07. The predicted octanol–water partition coefficient (Wildman–Crippen LogP) is 2.40. The van der Waals surface area contributed by atoms with E-state index in [4.69, 9.17) is 10.9 Å². The van der Waals surface area contributed by atoms with Crippen LogP contribution in [0.3, 0.4) is 0 Å². The van der Waals surface area contributed by atoms with Crippen molar-refractivity contribution in [2.75, 3.05) is 5.75 Å². The summed E-state index contributed by atoms with van der Waals surface area (Å²) in [7, 11) is 0. The summed E-state index contributed by atoms with van der Waals surface area (Å²) in [5.41, 5.74) is 8.39. The normalized spacial score (nSPS) is 15.9. The fourth-order valence-corrected chi connectivity index (χ4v) is 2.75. The van der Waals surface area contributed by atoms with Crippen LogP contribution in [0.25, 0.3) is 0 Å². The molecule has 0 spiro atoms. The fourth-order valence-electron chi connectivity index (χ4n) is 1.99. The van der Waals surface area contributed by atoms with Crippen LogP contribution in [0.1, 0.15) is 24.0 Å². The molecule has 0 aromatic heterocycles. The summed E-state index contributed by atoms with van der Waals surface area (Å²) < 4.78 is 0. The van der Waals surface area contributed by atoms with Crippen LogP contribution in [0.4, 0.5) is 0 Å². The molecule has 4 heteroatoms. The van der Waals surface area contributed by atoms with Gasteiger partial charge in [-0.2, -0.15) is 0 Å². The first-order valence-electron chi connectivity index (χ1n) is 5.50. The minimum absolute atomic E-state index is 0.266. The van der Waals surface area contributed by atoms with E-state index in [0.29, 0.717) is 5.75 Å². The molecule has 0 aliphatic heterocycles. The highest BCUT2D eigenvalue weighted by Gasteiger charge is 2.09. The van der Waals surface area contributed by atoms with Crippen molar-refractivity contribution in [3.05, 3.63) is 29.3 Å². The Morgan fingerprint density at radius 3 is 2.81 bits per heavy atom. The van der Waals surface area contributed by atoms with E-state index < -0.39 is 0 Å². The van der Waals surface area contributed by atoms with Crippen molar-refractivity contribution in [1.29, 1.82) is 0 Å². The minimum atomic E-state index is 0.266. The molecule has 0 unspecified atom stereocenters. The van der Waals surface area contributed by atoms with Gasteiger partial charge in [0.05, 0.1) is 5.75 Å². The van der Waals surface area contributed by atoms with Crippen LogP contribution < -0.4 is 5.73 Å². The molecule has 0 heterocycles. The monoisotopic (exact) mass is 236 g/mol. The third kappa shape index (κ3) is 2.70. The maximum Gasteiger partial charge on any atom is 0.149 e. The lowest BCUT2D eigenvalue weighted by molar-refractivity contribution is 0.318. The first-order valence-corrected chi connectivity index (χ1v) is 6.49. The smallest absolute Gasteiger partial charge is 0.149 e. The molecule has 0 bridgehead atoms. The van der Waals surface area contributed by atoms with Gasteiger partial charge in [-0.15, -0.1) is 11.8 Å². The molecule has 86 valence electrons. The molecule has 1 aromatic carbocycles. The molecule has 0 fully saturated rings. The zero-order chi connectivity index (χ0) is 11.4. The van der Waals surface area contributed by atoms with Crippen LogP contribution in [0.5, 0.6) is 0 Å². The van der Waals surface area contributed by atoms with E-state index >= 15 is 0 Å². The van der Waals surface area contributed by atoms with Crippen molar-refractivity contribution in [2.24, 2.45) is 10.9 Å². The summed E-state index contributed by atoms with van der Waals surface area (Å²) in [6.45, 7) is 0. The lowest BCUT2D eigenvalue weighted by atomic mass is 9.92. The van der Waals surface area contributed by atoms with E-state index in [9.17, 15) is 0 Å². The molecule has 3 nitrogen and oxygen atoms in total. The maximum absolute atomic E-state index is 8.45. The van der Waals surface area contributed by atoms with E-state index in [1.807, 2.05) is 0 Å². The van der Waals surface area contributed by atoms with Gasteiger partial charge in [0.25, 0.3) is 0 Å². The van der Waals surface area contributed by atoms with E-state index in [1.165, 1.54) is 41.7 Å². The number of hydrogen-bond donors (Lipinski definition) is 2. The third-order valence-corrected chi connectivity index (χ3v) is 3.86. The van der Waals surface area contributed by atoms with Gasteiger partial charge >= 0.3 is 0 Å². The topological polar surface area (TPSA) is 58.6 Å². The molecule has 0 radical (unpaired) electrons. The molecule has 16 heavy (non-hydrogen) atoms. The average Bonchev–Trinajstić information content (AvgIpc) is 2.35. The molecular weight excluding hydrogens is 220 g/mol. The van der Waals surface area contributed by atoms with Crippen LogP contribution >= 0.6 is 11.8 Å². The Hall–Kier alpha value is -1.16. The maximum atomic E-state index is 8.45. The van der Waals surface area contributed by atoms with Crippen LogP contribution in [-0.4, -0.2) is 16.8 Å². The van der Waals surface area contributed by atoms with E-state index in [-0.39, 0.29) is 5.84 Å². The van der Waals surface area contributed by atoms with Crippen molar-refractivity contribution in [1.82, 2.24) is 0 Å². The van der Waals surface area contributed by atoms with Gasteiger partial charge in [0, 0.05) is 4.90 Å². The van der Waals surface area contributed by atoms with Crippen molar-refractivity contribution >= 4 is 17.6 Å². The van der Waals surface area contributed by atoms with Gasteiger partial charge in [-0.1, -0.05) is 11.2 Å². The molecule has 0 saturated carbocycles. The first-order chi connectivity index (χ1) is 7.79. The molecule has 2 rings (SSSR count). The fraction of sp³-hybridized carbons (Fsp3) is 0.417. The standard InChI is InChI=1S/C12H16N2OS/c13-12(14-15)8-16-11-6-5-9-3-1-2-4-10(9)7-11/h5-7,15H,1-4,8H2,(H2,13,14). The molecule has 1 aromatic rings. The summed E-state index contributed by atoms with van der Waals surface area (Å²) in [6, 6.07) is 6.58. The third-order valence-electron chi connectivity index (χ3n) is 2.84. The second kappa shape index (κ2) is 5.25. The van der Waals surface area contributed by atoms with Crippen molar-refractivity contribution in [2.45, 2.75) is 30.6 Å². The number of aryl methyl sites for hydroxylation is 2. The first kappa shape index (κ1) is 11.3. The number of benzene rings is 1. The lowest BCUT2D eigenvalue weighted by Crippen LogP contribution is -2.14. The van der Waals surface area contributed by atoms with Crippen molar-refractivity contribution in [3.8, 4) is 0 Å². The Morgan fingerprint density at radius 1 is 1.31 bits per heavy atom. The summed E-state index contributed by atoms with van der Waals surface area (Å²) in [5, 5.41) is 11.4. The van der Waals surface area contributed by atoms with Crippen LogP contribution in [-0.2, 0) is 12.8 Å². The van der Waals surface area contributed by atoms with Crippen molar-refractivity contribution in [3.63, 3.8) is 0 Å². The largest absolute Gasteiger partial charge is 0.409 e. The number of rotatable bonds is 3. The average molecular weight is 236 g/mol. The second-order valence-electron chi connectivity index (χ2n) is 4.02. The Labute approximate surface area is 99.7 Å². The Balaban J connectivity index is 2.05. The van der Waals surface area contributed by atoms with Gasteiger partial charge in [-0.25, -0.2) is 0 Å². The zero-order valence-electron chi connectivity index (χ0n) is 9.15. The summed E-state index contributed by atoms with van der Waals surface area (Å²) in [4.78, 5) is 1.20. The molecule has 1 aliphatic carbocycles. The molecule has 0 saturated heterocycles. The van der Waals surface area contributed by atoms with Gasteiger partial charge in [-0.3, -0.25) is 0 Å². The number of oxime groups is 1. The summed E-state index contributed by atoms with van der Waals surface area (Å²) >= 11 is 1.61. The van der Waals surface area contributed by atoms with Crippen LogP contribution in [0, 0.1) is 0 Å². The highest BCUT2D eigenvalue weighted by molar-refractivity contribution is 8.00. The van der Waals surface area contributed by atoms with Gasteiger partial charge in [0.15, 0.2) is 0 Å². The SMILES string of the molecule is NC(CSc1ccc2c(c1)CCCC2)=NO. The number of nitrogens with zero attached hydrogens (tertiary/aromatic N) is 1. The minimum Gasteiger partial charge on any atom is -0.409 e. The van der Waals surface area contributed by atoms with E-state index in [0.717, 1.165) is 0 Å². The molecular formula is C12H16N2OS. The van der Waals surface area contributed by atoms with Gasteiger partial charge < -0.3 is 10.9 Å². The van der Waals surface area contributed by atoms with E-state index in [2.05, 4.69) is 23.4 Å². The number of fused-ring (bicyclic) bond motifs is 1. The van der Waals surface area contributed by atoms with E-state index in [1.54, 1.807) is 11.8 Å². The lowest BCUT2D eigenvalue weighted by Gasteiger charge is -2.16. The quantitative estimate of drug-likeness (QED) is 0.278. The number of nitrogens with two attached hydrogens (primary N) is 1. The highest BCUT2D eigenvalue weighted by Crippen LogP contribution is 2.26. The van der Waals surface area contributed by atoms with Gasteiger partial charge in [0.1, 0.15) is 5.84 Å². The number of amidine groups is 1. The molecule has 1 aliphatic rings. The summed E-state index contributed by atoms with van der Waals surface area (Å²) in [5.74, 6) is 0.803. The Kier molecular flexibility index (Phi) is 3.72. The Bertz CT molecular complexity index is 404. The highest BCUT2D eigenvalue weighted by atomic mass is 32.2. The molecule has 3 N–H and O–H groups in total. The van der Waals surface area contributed by atoms with Crippen LogP contribution in [0.2, 0.25) is 0 Å². The molecule has 0 amide bonds. The summed E-state index contributed by atoms with van der Waals surface area (Å²) in [6.07, 6.45) is 5.00. The molecule has 0 atom stereocenters. The predicted molar refractivity (Wildman–Crippen MR) is 67.2 cm³/mol. The number of hydrogen-bond acceptors (Lipinski definition) is 3. The van der Waals surface area contributed by atoms with Gasteiger partial charge in [0.2, 0.25) is 0 Å². The Morgan fingerprint density at radius 2 is 2.06 bits per heavy atom.